The van der Waals surface area contributed by atoms with E-state index in [1.165, 1.54) is 20.0 Å². The number of nitrogens with one attached hydrogen (secondary N) is 1. The summed E-state index contributed by atoms with van der Waals surface area (Å²) in [6.45, 7) is 7.42. The van der Waals surface area contributed by atoms with Gasteiger partial charge in [0.1, 0.15) is 5.76 Å². The predicted octanol–water partition coefficient (Wildman–Crippen LogP) is 2.27. The molecule has 1 atom stereocenters. The molecule has 0 bridgehead atoms. The Bertz CT molecular complexity index is 603. The number of nitrogens with zero attached hydrogens (tertiary/aromatic N) is 3. The zero-order valence-electron chi connectivity index (χ0n) is 16.5. The summed E-state index contributed by atoms with van der Waals surface area (Å²) in [5, 5.41) is 3.41. The molecule has 0 aliphatic carbocycles. The van der Waals surface area contributed by atoms with Crippen molar-refractivity contribution < 1.29 is 13.9 Å². The van der Waals surface area contributed by atoms with Gasteiger partial charge in [0.05, 0.1) is 31.9 Å². The van der Waals surface area contributed by atoms with Crippen LogP contribution in [0, 0.1) is 5.92 Å². The van der Waals surface area contributed by atoms with Gasteiger partial charge in [0.25, 0.3) is 0 Å². The molecule has 0 spiro atoms. The monoisotopic (exact) mass is 376 g/mol. The molecule has 0 aromatic carbocycles. The van der Waals surface area contributed by atoms with Crippen LogP contribution in [-0.2, 0) is 9.53 Å². The number of carbonyl (C=O) groups excluding carboxylic acids is 1. The van der Waals surface area contributed by atoms with Crippen molar-refractivity contribution in [3.05, 3.63) is 24.2 Å². The quantitative estimate of drug-likeness (QED) is 0.467. The average molecular weight is 377 g/mol. The molecule has 2 aliphatic rings. The number of hydrogen-bond acceptors (Lipinski definition) is 5. The van der Waals surface area contributed by atoms with Crippen molar-refractivity contribution in [3.8, 4) is 0 Å². The number of aliphatic imine (C=N–C) groups is 1. The lowest BCUT2D eigenvalue weighted by molar-refractivity contribution is -0.146. The van der Waals surface area contributed by atoms with E-state index < -0.39 is 0 Å². The van der Waals surface area contributed by atoms with Crippen LogP contribution in [0.2, 0.25) is 0 Å². The normalized spacial score (nSPS) is 20.7. The highest BCUT2D eigenvalue weighted by atomic mass is 16.5. The van der Waals surface area contributed by atoms with Crippen LogP contribution in [0.15, 0.2) is 27.8 Å². The maximum absolute atomic E-state index is 11.8. The Kier molecular flexibility index (Phi) is 7.15. The molecule has 7 nitrogen and oxygen atoms in total. The summed E-state index contributed by atoms with van der Waals surface area (Å²) in [4.78, 5) is 21.4. The fourth-order valence-electron chi connectivity index (χ4n) is 4.01. The number of rotatable bonds is 6. The molecule has 7 heteroatoms. The van der Waals surface area contributed by atoms with Crippen LogP contribution in [0.4, 0.5) is 0 Å². The van der Waals surface area contributed by atoms with E-state index in [1.54, 1.807) is 6.26 Å². The van der Waals surface area contributed by atoms with Crippen LogP contribution in [-0.4, -0.2) is 68.1 Å². The number of esters is 1. The number of methoxy groups -OCH3 is 1. The predicted molar refractivity (Wildman–Crippen MR) is 105 cm³/mol. The van der Waals surface area contributed by atoms with E-state index in [0.717, 1.165) is 57.3 Å². The Morgan fingerprint density at radius 1 is 1.33 bits per heavy atom. The lowest BCUT2D eigenvalue weighted by Crippen LogP contribution is -2.47. The maximum Gasteiger partial charge on any atom is 0.308 e. The minimum Gasteiger partial charge on any atom is -0.469 e. The first-order valence-corrected chi connectivity index (χ1v) is 10.1. The fraction of sp³-hybridized carbons (Fsp3) is 0.700. The maximum atomic E-state index is 11.8. The first kappa shape index (κ1) is 19.7. The standard InChI is InChI=1S/C20H32N4O3/c1-3-21-20(24-12-8-16(9-13-24)19(25)26-2)22-15-17(18-7-6-14-27-18)23-10-4-5-11-23/h6-7,14,16-17H,3-5,8-13,15H2,1-2H3,(H,21,22). The van der Waals surface area contributed by atoms with Gasteiger partial charge in [-0.15, -0.1) is 0 Å². The highest BCUT2D eigenvalue weighted by molar-refractivity contribution is 5.80. The van der Waals surface area contributed by atoms with Crippen LogP contribution in [0.3, 0.4) is 0 Å². The number of likely N-dealkylation sites (tertiary alicyclic amines) is 2. The van der Waals surface area contributed by atoms with Gasteiger partial charge in [0.2, 0.25) is 0 Å². The molecule has 1 unspecified atom stereocenters. The average Bonchev–Trinajstić information content (AvgIpc) is 3.41. The summed E-state index contributed by atoms with van der Waals surface area (Å²) in [5.74, 6) is 1.83. The topological polar surface area (TPSA) is 70.3 Å². The number of carbonyl (C=O) groups is 1. The highest BCUT2D eigenvalue weighted by Gasteiger charge is 2.28. The molecular weight excluding hydrogens is 344 g/mol. The van der Waals surface area contributed by atoms with Gasteiger partial charge in [-0.25, -0.2) is 0 Å². The van der Waals surface area contributed by atoms with E-state index in [0.29, 0.717) is 6.54 Å². The zero-order valence-corrected chi connectivity index (χ0v) is 16.5. The summed E-state index contributed by atoms with van der Waals surface area (Å²) >= 11 is 0. The number of furan rings is 1. The summed E-state index contributed by atoms with van der Waals surface area (Å²) in [6.07, 6.45) is 5.84. The zero-order chi connectivity index (χ0) is 19.1. The van der Waals surface area contributed by atoms with Crippen molar-refractivity contribution in [1.82, 2.24) is 15.1 Å². The minimum atomic E-state index is -0.0940. The smallest absolute Gasteiger partial charge is 0.308 e. The van der Waals surface area contributed by atoms with E-state index in [9.17, 15) is 4.79 Å². The van der Waals surface area contributed by atoms with Gasteiger partial charge in [-0.3, -0.25) is 14.7 Å². The van der Waals surface area contributed by atoms with E-state index in [-0.39, 0.29) is 17.9 Å². The molecule has 1 aromatic heterocycles. The van der Waals surface area contributed by atoms with Crippen molar-refractivity contribution in [2.75, 3.05) is 46.4 Å². The summed E-state index contributed by atoms with van der Waals surface area (Å²) in [5.41, 5.74) is 0. The number of piperidine rings is 1. The Labute approximate surface area is 161 Å². The van der Waals surface area contributed by atoms with Gasteiger partial charge in [-0.05, 0) is 57.8 Å². The second-order valence-corrected chi connectivity index (χ2v) is 7.25. The molecule has 2 fully saturated rings. The van der Waals surface area contributed by atoms with E-state index in [4.69, 9.17) is 14.1 Å². The van der Waals surface area contributed by atoms with E-state index in [2.05, 4.69) is 22.0 Å². The first-order chi connectivity index (χ1) is 13.2. The second-order valence-electron chi connectivity index (χ2n) is 7.25. The lowest BCUT2D eigenvalue weighted by Gasteiger charge is -2.33. The van der Waals surface area contributed by atoms with Gasteiger partial charge >= 0.3 is 5.97 Å². The van der Waals surface area contributed by atoms with Gasteiger partial charge in [-0.1, -0.05) is 0 Å². The summed E-state index contributed by atoms with van der Waals surface area (Å²) in [6, 6.07) is 4.18. The molecule has 0 saturated carbocycles. The molecule has 3 rings (SSSR count). The molecule has 1 N–H and O–H groups in total. The molecule has 150 valence electrons. The van der Waals surface area contributed by atoms with Gasteiger partial charge < -0.3 is 19.4 Å². The molecule has 1 aromatic rings. The van der Waals surface area contributed by atoms with Crippen LogP contribution in [0.25, 0.3) is 0 Å². The van der Waals surface area contributed by atoms with Gasteiger partial charge in [-0.2, -0.15) is 0 Å². The SMILES string of the molecule is CCNC(=NCC(c1ccco1)N1CCCC1)N1CCC(C(=O)OC)CC1. The highest BCUT2D eigenvalue weighted by Crippen LogP contribution is 2.26. The van der Waals surface area contributed by atoms with Crippen molar-refractivity contribution in [2.45, 2.75) is 38.6 Å². The largest absolute Gasteiger partial charge is 0.469 e. The number of hydrogen-bond donors (Lipinski definition) is 1. The Morgan fingerprint density at radius 2 is 2.07 bits per heavy atom. The molecule has 0 amide bonds. The van der Waals surface area contributed by atoms with Crippen molar-refractivity contribution in [2.24, 2.45) is 10.9 Å². The Hall–Kier alpha value is -2.02. The molecule has 0 radical (unpaired) electrons. The number of ether oxygens (including phenoxy) is 1. The van der Waals surface area contributed by atoms with Crippen LogP contribution in [0.1, 0.15) is 44.4 Å². The molecule has 3 heterocycles. The third kappa shape index (κ3) is 5.03. The van der Waals surface area contributed by atoms with Gasteiger partial charge in [0.15, 0.2) is 5.96 Å². The van der Waals surface area contributed by atoms with Crippen LogP contribution in [0.5, 0.6) is 0 Å². The van der Waals surface area contributed by atoms with E-state index >= 15 is 0 Å². The second kappa shape index (κ2) is 9.78. The molecule has 27 heavy (non-hydrogen) atoms. The number of guanidine groups is 1. The van der Waals surface area contributed by atoms with Crippen molar-refractivity contribution in [1.29, 1.82) is 0 Å². The van der Waals surface area contributed by atoms with Crippen LogP contribution < -0.4 is 5.32 Å². The molecule has 2 saturated heterocycles. The third-order valence-corrected chi connectivity index (χ3v) is 5.53. The van der Waals surface area contributed by atoms with E-state index in [1.807, 2.05) is 12.1 Å². The van der Waals surface area contributed by atoms with Gasteiger partial charge in [0, 0.05) is 19.6 Å². The van der Waals surface area contributed by atoms with Crippen LogP contribution >= 0.6 is 0 Å². The fourth-order valence-corrected chi connectivity index (χ4v) is 4.01. The first-order valence-electron chi connectivity index (χ1n) is 10.1. The minimum absolute atomic E-state index is 0.00888. The van der Waals surface area contributed by atoms with Crippen molar-refractivity contribution >= 4 is 11.9 Å². The Morgan fingerprint density at radius 3 is 2.67 bits per heavy atom. The lowest BCUT2D eigenvalue weighted by atomic mass is 9.97. The summed E-state index contributed by atoms with van der Waals surface area (Å²) in [7, 11) is 1.47. The third-order valence-electron chi connectivity index (χ3n) is 5.53. The summed E-state index contributed by atoms with van der Waals surface area (Å²) < 4.78 is 10.6. The molecular formula is C20H32N4O3. The Balaban J connectivity index is 1.66. The molecule has 2 aliphatic heterocycles. The van der Waals surface area contributed by atoms with Crippen molar-refractivity contribution in [3.63, 3.8) is 0 Å².